The Morgan fingerprint density at radius 3 is 2.62 bits per heavy atom. The van der Waals surface area contributed by atoms with Crippen LogP contribution in [0.1, 0.15) is 35.0 Å². The molecule has 7 heteroatoms. The van der Waals surface area contributed by atoms with E-state index in [4.69, 9.17) is 9.47 Å². The molecule has 2 rings (SSSR count). The molecule has 0 bridgehead atoms. The molecule has 0 spiro atoms. The van der Waals surface area contributed by atoms with Crippen molar-refractivity contribution in [2.45, 2.75) is 52.8 Å². The number of ether oxygens (including phenoxy) is 2. The molecule has 162 valence electrons. The van der Waals surface area contributed by atoms with Crippen molar-refractivity contribution < 1.29 is 14.6 Å². The van der Waals surface area contributed by atoms with Crippen molar-refractivity contribution in [3.63, 3.8) is 0 Å². The Kier molecular flexibility index (Phi) is 9.36. The molecule has 2 N–H and O–H groups in total. The smallest absolute Gasteiger partial charge is 0.161 e. The van der Waals surface area contributed by atoms with Gasteiger partial charge in [0.2, 0.25) is 0 Å². The molecule has 0 radical (unpaired) electrons. The van der Waals surface area contributed by atoms with E-state index in [0.717, 1.165) is 30.8 Å². The number of hydrogen-bond donors (Lipinski definition) is 2. The van der Waals surface area contributed by atoms with E-state index >= 15 is 0 Å². The van der Waals surface area contributed by atoms with E-state index in [9.17, 15) is 5.11 Å². The van der Waals surface area contributed by atoms with Crippen LogP contribution < -0.4 is 14.8 Å². The summed E-state index contributed by atoms with van der Waals surface area (Å²) in [5.41, 5.74) is 2.26. The molecule has 2 aromatic rings. The number of nitrogens with one attached hydrogen (secondary N) is 1. The molecule has 1 aromatic carbocycles. The Balaban J connectivity index is 1.81. The van der Waals surface area contributed by atoms with Crippen molar-refractivity contribution >= 4 is 11.3 Å². The molecule has 0 saturated heterocycles. The summed E-state index contributed by atoms with van der Waals surface area (Å²) in [5.74, 6) is 1.33. The molecule has 0 saturated carbocycles. The maximum absolute atomic E-state index is 10.2. The van der Waals surface area contributed by atoms with Gasteiger partial charge < -0.3 is 24.8 Å². The van der Waals surface area contributed by atoms with Crippen molar-refractivity contribution in [2.24, 2.45) is 0 Å². The fourth-order valence-corrected chi connectivity index (χ4v) is 3.73. The Labute approximate surface area is 178 Å². The monoisotopic (exact) mass is 421 g/mol. The van der Waals surface area contributed by atoms with Gasteiger partial charge >= 0.3 is 0 Å². The Bertz CT molecular complexity index is 744. The summed E-state index contributed by atoms with van der Waals surface area (Å²) in [5, 5.41) is 14.8. The summed E-state index contributed by atoms with van der Waals surface area (Å²) >= 11 is 1.77. The Morgan fingerprint density at radius 1 is 1.24 bits per heavy atom. The van der Waals surface area contributed by atoms with E-state index in [2.05, 4.69) is 42.9 Å². The molecule has 0 fully saturated rings. The van der Waals surface area contributed by atoms with Gasteiger partial charge in [-0.05, 0) is 52.4 Å². The Morgan fingerprint density at radius 2 is 2.00 bits per heavy atom. The van der Waals surface area contributed by atoms with Gasteiger partial charge in [0.05, 0.1) is 17.8 Å². The molecule has 1 aromatic heterocycles. The number of benzene rings is 1. The lowest BCUT2D eigenvalue weighted by Crippen LogP contribution is -2.36. The number of hydrogen-bond acceptors (Lipinski definition) is 7. The third-order valence-electron chi connectivity index (χ3n) is 4.96. The van der Waals surface area contributed by atoms with Crippen LogP contribution in [0.4, 0.5) is 0 Å². The number of methoxy groups -OCH3 is 1. The SMILES string of the molecule is COc1cc(CNCCc2nc(C)c(C)s2)ccc1OC[C@H](O)CN(C)C(C)C. The van der Waals surface area contributed by atoms with Crippen LogP contribution in [-0.4, -0.2) is 61.0 Å². The highest BCUT2D eigenvalue weighted by Gasteiger charge is 2.13. The van der Waals surface area contributed by atoms with Gasteiger partial charge in [-0.1, -0.05) is 6.07 Å². The fourth-order valence-electron chi connectivity index (χ4n) is 2.80. The van der Waals surface area contributed by atoms with Crippen molar-refractivity contribution in [3.05, 3.63) is 39.3 Å². The number of nitrogens with zero attached hydrogens (tertiary/aromatic N) is 2. The molecular formula is C22H35N3O3S. The molecule has 1 heterocycles. The lowest BCUT2D eigenvalue weighted by Gasteiger charge is -2.24. The second-order valence-corrected chi connectivity index (χ2v) is 8.95. The molecule has 29 heavy (non-hydrogen) atoms. The summed E-state index contributed by atoms with van der Waals surface area (Å²) in [7, 11) is 3.63. The molecule has 0 unspecified atom stereocenters. The molecular weight excluding hydrogens is 386 g/mol. The van der Waals surface area contributed by atoms with E-state index in [0.29, 0.717) is 24.1 Å². The number of rotatable bonds is 12. The van der Waals surface area contributed by atoms with Gasteiger partial charge in [-0.25, -0.2) is 4.98 Å². The van der Waals surface area contributed by atoms with Crippen LogP contribution in [0.2, 0.25) is 0 Å². The summed E-state index contributed by atoms with van der Waals surface area (Å²) in [6.45, 7) is 10.8. The first kappa shape index (κ1) is 23.6. The van der Waals surface area contributed by atoms with Gasteiger partial charge in [-0.3, -0.25) is 0 Å². The zero-order valence-electron chi connectivity index (χ0n) is 18.5. The molecule has 0 aliphatic carbocycles. The Hall–Kier alpha value is -1.67. The quantitative estimate of drug-likeness (QED) is 0.513. The summed E-state index contributed by atoms with van der Waals surface area (Å²) in [6.07, 6.45) is 0.381. The summed E-state index contributed by atoms with van der Waals surface area (Å²) in [4.78, 5) is 7.96. The predicted octanol–water partition coefficient (Wildman–Crippen LogP) is 3.18. The average Bonchev–Trinajstić information content (AvgIpc) is 3.01. The number of aryl methyl sites for hydroxylation is 2. The highest BCUT2D eigenvalue weighted by Crippen LogP contribution is 2.28. The van der Waals surface area contributed by atoms with Gasteiger partial charge in [0.1, 0.15) is 12.7 Å². The maximum Gasteiger partial charge on any atom is 0.161 e. The van der Waals surface area contributed by atoms with Gasteiger partial charge in [0.15, 0.2) is 11.5 Å². The van der Waals surface area contributed by atoms with Crippen LogP contribution >= 0.6 is 11.3 Å². The largest absolute Gasteiger partial charge is 0.493 e. The lowest BCUT2D eigenvalue weighted by molar-refractivity contribution is 0.0668. The predicted molar refractivity (Wildman–Crippen MR) is 119 cm³/mol. The van der Waals surface area contributed by atoms with E-state index in [1.807, 2.05) is 25.2 Å². The number of likely N-dealkylation sites (N-methyl/N-ethyl adjacent to an activating group) is 1. The average molecular weight is 422 g/mol. The number of aliphatic hydroxyl groups is 1. The first-order chi connectivity index (χ1) is 13.8. The second kappa shape index (κ2) is 11.5. The summed E-state index contributed by atoms with van der Waals surface area (Å²) in [6, 6.07) is 6.29. The highest BCUT2D eigenvalue weighted by molar-refractivity contribution is 7.11. The third kappa shape index (κ3) is 7.59. The third-order valence-corrected chi connectivity index (χ3v) is 6.09. The van der Waals surface area contributed by atoms with Crippen LogP contribution in [0, 0.1) is 13.8 Å². The van der Waals surface area contributed by atoms with Crippen molar-refractivity contribution in [2.75, 3.05) is 33.9 Å². The van der Waals surface area contributed by atoms with E-state index in [-0.39, 0.29) is 6.61 Å². The number of aromatic nitrogens is 1. The molecule has 6 nitrogen and oxygen atoms in total. The van der Waals surface area contributed by atoms with Crippen LogP contribution in [0.25, 0.3) is 0 Å². The first-order valence-corrected chi connectivity index (χ1v) is 10.9. The molecule has 0 amide bonds. The van der Waals surface area contributed by atoms with Crippen LogP contribution in [0.15, 0.2) is 18.2 Å². The van der Waals surface area contributed by atoms with Gasteiger partial charge in [0.25, 0.3) is 0 Å². The van der Waals surface area contributed by atoms with E-state index in [1.54, 1.807) is 18.4 Å². The highest BCUT2D eigenvalue weighted by atomic mass is 32.1. The van der Waals surface area contributed by atoms with Crippen LogP contribution in [0.3, 0.4) is 0 Å². The van der Waals surface area contributed by atoms with Crippen molar-refractivity contribution in [3.8, 4) is 11.5 Å². The van der Waals surface area contributed by atoms with Crippen LogP contribution in [0.5, 0.6) is 11.5 Å². The van der Waals surface area contributed by atoms with Crippen molar-refractivity contribution in [1.82, 2.24) is 15.2 Å². The fraction of sp³-hybridized carbons (Fsp3) is 0.591. The van der Waals surface area contributed by atoms with E-state index in [1.165, 1.54) is 9.88 Å². The van der Waals surface area contributed by atoms with Gasteiger partial charge in [0, 0.05) is 37.0 Å². The second-order valence-electron chi connectivity index (χ2n) is 7.66. The van der Waals surface area contributed by atoms with Gasteiger partial charge in [-0.2, -0.15) is 0 Å². The maximum atomic E-state index is 10.2. The number of aliphatic hydroxyl groups excluding tert-OH is 1. The lowest BCUT2D eigenvalue weighted by atomic mass is 10.2. The number of thiazole rings is 1. The first-order valence-electron chi connectivity index (χ1n) is 10.1. The van der Waals surface area contributed by atoms with E-state index < -0.39 is 6.10 Å². The molecule has 0 aliphatic heterocycles. The standard InChI is InChI=1S/C22H35N3O3S/c1-15(2)25(5)13-19(26)14-28-20-8-7-18(11-21(20)27-6)12-23-10-9-22-24-16(3)17(4)29-22/h7-8,11,15,19,23,26H,9-10,12-14H2,1-6H3/t19-/m1/s1. The summed E-state index contributed by atoms with van der Waals surface area (Å²) < 4.78 is 11.3. The minimum atomic E-state index is -0.549. The van der Waals surface area contributed by atoms with Crippen LogP contribution in [-0.2, 0) is 13.0 Å². The topological polar surface area (TPSA) is 66.8 Å². The zero-order valence-corrected chi connectivity index (χ0v) is 19.3. The normalized spacial score (nSPS) is 12.6. The van der Waals surface area contributed by atoms with Crippen molar-refractivity contribution in [1.29, 1.82) is 0 Å². The minimum Gasteiger partial charge on any atom is -0.493 e. The zero-order chi connectivity index (χ0) is 21.4. The minimum absolute atomic E-state index is 0.234. The molecule has 1 atom stereocenters. The molecule has 0 aliphatic rings. The van der Waals surface area contributed by atoms with Gasteiger partial charge in [-0.15, -0.1) is 11.3 Å².